The fraction of sp³-hybridized carbons (Fsp3) is 0.250. The quantitative estimate of drug-likeness (QED) is 0.811. The van der Waals surface area contributed by atoms with Gasteiger partial charge in [0.2, 0.25) is 0 Å². The van der Waals surface area contributed by atoms with Gasteiger partial charge in [-0.1, -0.05) is 18.2 Å². The second kappa shape index (κ2) is 7.37. The number of hydrogen-bond donors (Lipinski definition) is 2. The molecule has 0 aromatic heterocycles. The predicted molar refractivity (Wildman–Crippen MR) is 72.8 cm³/mol. The van der Waals surface area contributed by atoms with Gasteiger partial charge in [0.25, 0.3) is 0 Å². The van der Waals surface area contributed by atoms with E-state index in [0.717, 1.165) is 0 Å². The summed E-state index contributed by atoms with van der Waals surface area (Å²) in [5.74, 6) is 2.32. The summed E-state index contributed by atoms with van der Waals surface area (Å²) in [5, 5.41) is 2.49. The van der Waals surface area contributed by atoms with Crippen molar-refractivity contribution >= 4 is 22.1 Å². The van der Waals surface area contributed by atoms with Gasteiger partial charge >= 0.3 is 16.4 Å². The van der Waals surface area contributed by atoms with Crippen molar-refractivity contribution in [1.82, 2.24) is 4.72 Å². The third-order valence-corrected chi connectivity index (χ3v) is 2.77. The molecule has 0 aliphatic heterocycles. The molecule has 0 saturated carbocycles. The predicted octanol–water partition coefficient (Wildman–Crippen LogP) is 1.07. The third kappa shape index (κ3) is 6.08. The molecule has 20 heavy (non-hydrogen) atoms. The minimum atomic E-state index is -3.87. The summed E-state index contributed by atoms with van der Waals surface area (Å²) in [6.45, 7) is 1.48. The van der Waals surface area contributed by atoms with Crippen LogP contribution < -0.4 is 10.0 Å². The maximum absolute atomic E-state index is 11.5. The second-order valence-electron chi connectivity index (χ2n) is 3.53. The first-order valence-electron chi connectivity index (χ1n) is 5.58. The molecule has 0 fully saturated rings. The Morgan fingerprint density at radius 1 is 1.30 bits per heavy atom. The van der Waals surface area contributed by atoms with Crippen LogP contribution in [0.3, 0.4) is 0 Å². The zero-order valence-electron chi connectivity index (χ0n) is 10.9. The molecule has 8 heteroatoms. The Bertz CT molecular complexity index is 604. The number of ether oxygens (including phenoxy) is 1. The maximum atomic E-state index is 11.5. The molecule has 1 atom stereocenters. The van der Waals surface area contributed by atoms with E-state index in [9.17, 15) is 13.2 Å². The highest BCUT2D eigenvalue weighted by Gasteiger charge is 2.08. The zero-order chi connectivity index (χ0) is 15.0. The van der Waals surface area contributed by atoms with Crippen LogP contribution in [0, 0.1) is 12.0 Å². The normalized spacial score (nSPS) is 11.7. The number of anilines is 1. The molecule has 7 nitrogen and oxygen atoms in total. The van der Waals surface area contributed by atoms with Gasteiger partial charge in [-0.05, 0) is 25.0 Å². The van der Waals surface area contributed by atoms with Crippen molar-refractivity contribution in [3.8, 4) is 12.0 Å². The summed E-state index contributed by atoms with van der Waals surface area (Å²) in [7, 11) is -2.69. The number of amides is 1. The Balaban J connectivity index is 2.45. The number of para-hydroxylation sites is 1. The van der Waals surface area contributed by atoms with Gasteiger partial charge in [0.15, 0.2) is 6.10 Å². The standard InChI is InChI=1S/C12H14N2O5S/c1-10(8-9-18-20(16,17)13-2)19-12(15)14-11-6-4-3-5-7-11/h3-7,10,13H,1-2H3,(H,14,15). The van der Waals surface area contributed by atoms with Gasteiger partial charge in [-0.25, -0.2) is 4.79 Å². The van der Waals surface area contributed by atoms with Crippen molar-refractivity contribution in [2.75, 3.05) is 12.4 Å². The number of rotatable bonds is 4. The molecule has 0 aliphatic rings. The van der Waals surface area contributed by atoms with Crippen LogP contribution in [0.4, 0.5) is 10.5 Å². The molecule has 1 aromatic rings. The molecule has 0 bridgehead atoms. The lowest BCUT2D eigenvalue weighted by Gasteiger charge is -2.08. The molecule has 1 amide bonds. The fourth-order valence-electron chi connectivity index (χ4n) is 1.06. The summed E-state index contributed by atoms with van der Waals surface area (Å²) in [4.78, 5) is 11.5. The van der Waals surface area contributed by atoms with Gasteiger partial charge in [0.1, 0.15) is 6.11 Å². The number of hydrogen-bond acceptors (Lipinski definition) is 5. The van der Waals surface area contributed by atoms with Crippen molar-refractivity contribution < 1.29 is 22.1 Å². The van der Waals surface area contributed by atoms with E-state index in [1.54, 1.807) is 24.3 Å². The van der Waals surface area contributed by atoms with Gasteiger partial charge in [-0.3, -0.25) is 5.32 Å². The van der Waals surface area contributed by atoms with Crippen LogP contribution in [0.2, 0.25) is 0 Å². The van der Waals surface area contributed by atoms with E-state index in [1.165, 1.54) is 14.0 Å². The van der Waals surface area contributed by atoms with Gasteiger partial charge < -0.3 is 8.92 Å². The van der Waals surface area contributed by atoms with Gasteiger partial charge in [-0.15, -0.1) is 0 Å². The lowest BCUT2D eigenvalue weighted by Crippen LogP contribution is -2.20. The third-order valence-electron chi connectivity index (χ3n) is 1.97. The topological polar surface area (TPSA) is 93.7 Å². The number of nitrogens with one attached hydrogen (secondary N) is 2. The molecule has 0 heterocycles. The average molecular weight is 298 g/mol. The second-order valence-corrected chi connectivity index (χ2v) is 5.01. The average Bonchev–Trinajstić information content (AvgIpc) is 2.39. The van der Waals surface area contributed by atoms with Crippen molar-refractivity contribution in [1.29, 1.82) is 0 Å². The summed E-state index contributed by atoms with van der Waals surface area (Å²) >= 11 is 0. The van der Waals surface area contributed by atoms with E-state index in [-0.39, 0.29) is 0 Å². The first-order chi connectivity index (χ1) is 9.43. The Hall–Kier alpha value is -2.24. The SMILES string of the molecule is CNS(=O)(=O)OC#CC(C)OC(=O)Nc1ccccc1. The van der Waals surface area contributed by atoms with Crippen LogP contribution >= 0.6 is 0 Å². The van der Waals surface area contributed by atoms with Crippen LogP contribution in [0.5, 0.6) is 0 Å². The first-order valence-corrected chi connectivity index (χ1v) is 6.99. The highest BCUT2D eigenvalue weighted by atomic mass is 32.2. The van der Waals surface area contributed by atoms with Crippen molar-refractivity contribution in [3.05, 3.63) is 30.3 Å². The molecule has 1 rings (SSSR count). The van der Waals surface area contributed by atoms with Crippen LogP contribution in [0.25, 0.3) is 0 Å². The van der Waals surface area contributed by atoms with Crippen LogP contribution in [-0.4, -0.2) is 27.7 Å². The largest absolute Gasteiger partial charge is 0.433 e. The molecule has 0 spiro atoms. The Labute approximate surface area is 117 Å². The van der Waals surface area contributed by atoms with Crippen molar-refractivity contribution in [3.63, 3.8) is 0 Å². The van der Waals surface area contributed by atoms with Crippen LogP contribution in [-0.2, 0) is 19.2 Å². The molecular weight excluding hydrogens is 284 g/mol. The molecule has 108 valence electrons. The van der Waals surface area contributed by atoms with Crippen molar-refractivity contribution in [2.45, 2.75) is 13.0 Å². The smallest absolute Gasteiger partial charge is 0.412 e. The molecular formula is C12H14N2O5S. The number of carbonyl (C=O) groups excluding carboxylic acids is 1. The summed E-state index contributed by atoms with van der Waals surface area (Å²) in [6, 6.07) is 8.72. The van der Waals surface area contributed by atoms with Crippen molar-refractivity contribution in [2.24, 2.45) is 0 Å². The lowest BCUT2D eigenvalue weighted by atomic mass is 10.3. The molecule has 0 saturated heterocycles. The summed E-state index contributed by atoms with van der Waals surface area (Å²) in [5.41, 5.74) is 0.576. The van der Waals surface area contributed by atoms with E-state index in [1.807, 2.05) is 16.9 Å². The van der Waals surface area contributed by atoms with E-state index in [2.05, 4.69) is 15.4 Å². The van der Waals surface area contributed by atoms with E-state index in [0.29, 0.717) is 5.69 Å². The molecule has 1 aromatic carbocycles. The van der Waals surface area contributed by atoms with E-state index in [4.69, 9.17) is 4.74 Å². The molecule has 2 N–H and O–H groups in total. The Kier molecular flexibility index (Phi) is 5.83. The van der Waals surface area contributed by atoms with Gasteiger partial charge in [0, 0.05) is 12.7 Å². The molecule has 0 aliphatic carbocycles. The maximum Gasteiger partial charge on any atom is 0.412 e. The van der Waals surface area contributed by atoms with E-state index < -0.39 is 22.5 Å². The zero-order valence-corrected chi connectivity index (χ0v) is 11.7. The fourth-order valence-corrected chi connectivity index (χ4v) is 1.30. The minimum Gasteiger partial charge on any atom is -0.433 e. The summed E-state index contributed by atoms with van der Waals surface area (Å²) < 4.78 is 32.8. The summed E-state index contributed by atoms with van der Waals surface area (Å²) in [6.07, 6.45) is 0.413. The molecule has 1 unspecified atom stereocenters. The Morgan fingerprint density at radius 2 is 1.95 bits per heavy atom. The molecule has 0 radical (unpaired) electrons. The monoisotopic (exact) mass is 298 g/mol. The number of carbonyl (C=O) groups is 1. The minimum absolute atomic E-state index is 0.576. The first kappa shape index (κ1) is 15.8. The highest BCUT2D eigenvalue weighted by Crippen LogP contribution is 2.05. The number of benzene rings is 1. The van der Waals surface area contributed by atoms with E-state index >= 15 is 0 Å². The van der Waals surface area contributed by atoms with Gasteiger partial charge in [0.05, 0.1) is 0 Å². The van der Waals surface area contributed by atoms with Gasteiger partial charge in [-0.2, -0.15) is 13.1 Å². The van der Waals surface area contributed by atoms with Crippen LogP contribution in [0.15, 0.2) is 30.3 Å². The van der Waals surface area contributed by atoms with Crippen LogP contribution in [0.1, 0.15) is 6.92 Å². The lowest BCUT2D eigenvalue weighted by molar-refractivity contribution is 0.145. The highest BCUT2D eigenvalue weighted by molar-refractivity contribution is 7.84. The Morgan fingerprint density at radius 3 is 2.55 bits per heavy atom.